The summed E-state index contributed by atoms with van der Waals surface area (Å²) in [5, 5.41) is 4.47. The Morgan fingerprint density at radius 2 is 2.36 bits per heavy atom. The molecule has 0 bridgehead atoms. The van der Waals surface area contributed by atoms with Gasteiger partial charge >= 0.3 is 0 Å². The molecule has 0 unspecified atom stereocenters. The van der Waals surface area contributed by atoms with Gasteiger partial charge < -0.3 is 4.74 Å². The summed E-state index contributed by atoms with van der Waals surface area (Å²) in [5.41, 5.74) is 0. The first-order chi connectivity index (χ1) is 6.90. The van der Waals surface area contributed by atoms with Gasteiger partial charge in [-0.05, 0) is 19.3 Å². The molecule has 0 N–H and O–H groups in total. The van der Waals surface area contributed by atoms with Crippen molar-refractivity contribution in [2.24, 2.45) is 0 Å². The Morgan fingerprint density at radius 3 is 3.14 bits per heavy atom. The van der Waals surface area contributed by atoms with Crippen molar-refractivity contribution in [3.05, 3.63) is 11.6 Å². The van der Waals surface area contributed by atoms with Crippen LogP contribution >= 0.6 is 0 Å². The molecule has 1 aliphatic heterocycles. The van der Waals surface area contributed by atoms with E-state index in [2.05, 4.69) is 14.8 Å². The van der Waals surface area contributed by atoms with Gasteiger partial charge in [-0.1, -0.05) is 0 Å². The molecule has 0 atom stereocenters. The fourth-order valence-electron chi connectivity index (χ4n) is 1.82. The number of hydrogen-bond acceptors (Lipinski definition) is 3. The van der Waals surface area contributed by atoms with E-state index in [9.17, 15) is 0 Å². The maximum atomic E-state index is 5.00. The molecule has 2 heterocycles. The highest BCUT2D eigenvalue weighted by atomic mass is 16.5. The van der Waals surface area contributed by atoms with Crippen molar-refractivity contribution >= 4 is 0 Å². The lowest BCUT2D eigenvalue weighted by Gasteiger charge is -2.09. The SMILES string of the molecule is COCCCc1nc2n(n1)CCCC2. The predicted octanol–water partition coefficient (Wildman–Crippen LogP) is 1.19. The zero-order chi connectivity index (χ0) is 9.80. The number of ether oxygens (including phenoxy) is 1. The second-order valence-electron chi connectivity index (χ2n) is 3.72. The van der Waals surface area contributed by atoms with E-state index in [1.165, 1.54) is 18.7 Å². The van der Waals surface area contributed by atoms with Crippen LogP contribution < -0.4 is 0 Å². The van der Waals surface area contributed by atoms with Crippen LogP contribution in [0.2, 0.25) is 0 Å². The molecule has 0 saturated heterocycles. The van der Waals surface area contributed by atoms with Gasteiger partial charge in [0.05, 0.1) is 0 Å². The summed E-state index contributed by atoms with van der Waals surface area (Å²) in [7, 11) is 1.73. The van der Waals surface area contributed by atoms with Gasteiger partial charge in [0.1, 0.15) is 5.82 Å². The van der Waals surface area contributed by atoms with Crippen molar-refractivity contribution in [3.8, 4) is 0 Å². The summed E-state index contributed by atoms with van der Waals surface area (Å²) in [4.78, 5) is 4.52. The Hall–Kier alpha value is -0.900. The predicted molar refractivity (Wildman–Crippen MR) is 53.2 cm³/mol. The fourth-order valence-corrected chi connectivity index (χ4v) is 1.82. The Kier molecular flexibility index (Phi) is 3.14. The third-order valence-electron chi connectivity index (χ3n) is 2.56. The summed E-state index contributed by atoms with van der Waals surface area (Å²) in [6.45, 7) is 1.84. The standard InChI is InChI=1S/C10H17N3O/c1-14-8-4-5-9-11-10-6-2-3-7-13(10)12-9/h2-8H2,1H3. The van der Waals surface area contributed by atoms with Gasteiger partial charge in [0.2, 0.25) is 0 Å². The van der Waals surface area contributed by atoms with Crippen LogP contribution in [0.1, 0.15) is 30.9 Å². The molecule has 0 aliphatic carbocycles. The molecular formula is C10H17N3O. The first-order valence-corrected chi connectivity index (χ1v) is 5.31. The van der Waals surface area contributed by atoms with Crippen molar-refractivity contribution in [1.82, 2.24) is 14.8 Å². The number of fused-ring (bicyclic) bond motifs is 1. The lowest BCUT2D eigenvalue weighted by Crippen LogP contribution is -2.11. The van der Waals surface area contributed by atoms with E-state index in [-0.39, 0.29) is 0 Å². The highest BCUT2D eigenvalue weighted by Gasteiger charge is 2.12. The van der Waals surface area contributed by atoms with Crippen molar-refractivity contribution in [1.29, 1.82) is 0 Å². The van der Waals surface area contributed by atoms with Crippen LogP contribution in [0.5, 0.6) is 0 Å². The number of hydrogen-bond donors (Lipinski definition) is 0. The lowest BCUT2D eigenvalue weighted by atomic mass is 10.2. The molecule has 4 nitrogen and oxygen atoms in total. The quantitative estimate of drug-likeness (QED) is 0.678. The normalized spacial score (nSPS) is 15.5. The minimum absolute atomic E-state index is 0.796. The maximum Gasteiger partial charge on any atom is 0.151 e. The molecule has 0 amide bonds. The largest absolute Gasteiger partial charge is 0.385 e. The molecule has 0 aromatic carbocycles. The highest BCUT2D eigenvalue weighted by Crippen LogP contribution is 2.12. The van der Waals surface area contributed by atoms with Crippen LogP contribution in [0, 0.1) is 0 Å². The van der Waals surface area contributed by atoms with E-state index in [0.717, 1.165) is 38.2 Å². The van der Waals surface area contributed by atoms with Crippen LogP contribution in [-0.4, -0.2) is 28.5 Å². The lowest BCUT2D eigenvalue weighted by molar-refractivity contribution is 0.194. The first-order valence-electron chi connectivity index (χ1n) is 5.31. The number of aromatic nitrogens is 3. The third kappa shape index (κ3) is 2.12. The molecule has 78 valence electrons. The summed E-state index contributed by atoms with van der Waals surface area (Å²) >= 11 is 0. The van der Waals surface area contributed by atoms with Gasteiger partial charge in [-0.2, -0.15) is 5.10 Å². The molecule has 1 aliphatic rings. The number of methoxy groups -OCH3 is 1. The van der Waals surface area contributed by atoms with Gasteiger partial charge in [0, 0.05) is 33.1 Å². The number of aryl methyl sites for hydroxylation is 3. The molecule has 0 spiro atoms. The van der Waals surface area contributed by atoms with E-state index in [0.29, 0.717) is 0 Å². The number of rotatable bonds is 4. The topological polar surface area (TPSA) is 39.9 Å². The van der Waals surface area contributed by atoms with E-state index in [1.807, 2.05) is 0 Å². The Morgan fingerprint density at radius 1 is 1.43 bits per heavy atom. The van der Waals surface area contributed by atoms with Gasteiger partial charge in [-0.15, -0.1) is 0 Å². The highest BCUT2D eigenvalue weighted by molar-refractivity contribution is 4.95. The van der Waals surface area contributed by atoms with Gasteiger partial charge in [-0.25, -0.2) is 9.67 Å². The van der Waals surface area contributed by atoms with Crippen molar-refractivity contribution < 1.29 is 4.74 Å². The smallest absolute Gasteiger partial charge is 0.151 e. The molecule has 1 aromatic heterocycles. The fraction of sp³-hybridized carbons (Fsp3) is 0.800. The molecule has 14 heavy (non-hydrogen) atoms. The van der Waals surface area contributed by atoms with E-state index in [4.69, 9.17) is 4.74 Å². The zero-order valence-corrected chi connectivity index (χ0v) is 8.70. The summed E-state index contributed by atoms with van der Waals surface area (Å²) < 4.78 is 7.06. The van der Waals surface area contributed by atoms with Gasteiger partial charge in [0.25, 0.3) is 0 Å². The van der Waals surface area contributed by atoms with Gasteiger partial charge in [-0.3, -0.25) is 0 Å². The monoisotopic (exact) mass is 195 g/mol. The second kappa shape index (κ2) is 4.55. The first kappa shape index (κ1) is 9.65. The Labute approximate surface area is 84.3 Å². The molecule has 2 rings (SSSR count). The molecule has 0 fully saturated rings. The minimum Gasteiger partial charge on any atom is -0.385 e. The zero-order valence-electron chi connectivity index (χ0n) is 8.70. The van der Waals surface area contributed by atoms with E-state index >= 15 is 0 Å². The molecule has 0 saturated carbocycles. The van der Waals surface area contributed by atoms with Crippen LogP contribution in [0.4, 0.5) is 0 Å². The van der Waals surface area contributed by atoms with Crippen molar-refractivity contribution in [2.75, 3.05) is 13.7 Å². The minimum atomic E-state index is 0.796. The van der Waals surface area contributed by atoms with Crippen molar-refractivity contribution in [3.63, 3.8) is 0 Å². The average molecular weight is 195 g/mol. The van der Waals surface area contributed by atoms with E-state index in [1.54, 1.807) is 7.11 Å². The second-order valence-corrected chi connectivity index (χ2v) is 3.72. The molecular weight excluding hydrogens is 178 g/mol. The molecule has 1 aromatic rings. The van der Waals surface area contributed by atoms with Crippen LogP contribution in [0.15, 0.2) is 0 Å². The maximum absolute atomic E-state index is 5.00. The average Bonchev–Trinajstić information content (AvgIpc) is 2.60. The molecule has 0 radical (unpaired) electrons. The Balaban J connectivity index is 1.94. The van der Waals surface area contributed by atoms with Crippen molar-refractivity contribution in [2.45, 2.75) is 38.6 Å². The third-order valence-corrected chi connectivity index (χ3v) is 2.56. The van der Waals surface area contributed by atoms with Crippen LogP contribution in [-0.2, 0) is 24.1 Å². The number of nitrogens with zero attached hydrogens (tertiary/aromatic N) is 3. The molecule has 4 heteroatoms. The Bertz CT molecular complexity index is 272. The van der Waals surface area contributed by atoms with E-state index < -0.39 is 0 Å². The van der Waals surface area contributed by atoms with Crippen LogP contribution in [0.3, 0.4) is 0 Å². The van der Waals surface area contributed by atoms with Crippen LogP contribution in [0.25, 0.3) is 0 Å². The van der Waals surface area contributed by atoms with Gasteiger partial charge in [0.15, 0.2) is 5.82 Å². The summed E-state index contributed by atoms with van der Waals surface area (Å²) in [6, 6.07) is 0. The summed E-state index contributed by atoms with van der Waals surface area (Å²) in [6.07, 6.45) is 5.55. The summed E-state index contributed by atoms with van der Waals surface area (Å²) in [5.74, 6) is 2.16.